The number of rotatable bonds is 10. The average molecular weight is 531 g/mol. The molecule has 2 aromatic carbocycles. The third-order valence-electron chi connectivity index (χ3n) is 5.07. The first kappa shape index (κ1) is 24.8. The van der Waals surface area contributed by atoms with E-state index in [-0.39, 0.29) is 30.3 Å². The lowest BCUT2D eigenvalue weighted by molar-refractivity contribution is 0.0354. The zero-order valence-electron chi connectivity index (χ0n) is 18.0. The van der Waals surface area contributed by atoms with Crippen LogP contribution in [0.25, 0.3) is 0 Å². The number of nitrogens with zero attached hydrogens (tertiary/aromatic N) is 2. The van der Waals surface area contributed by atoms with Crippen LogP contribution in [0, 0.1) is 0 Å². The van der Waals surface area contributed by atoms with Crippen molar-refractivity contribution >= 4 is 29.6 Å². The van der Waals surface area contributed by atoms with E-state index in [1.54, 1.807) is 9.80 Å². The van der Waals surface area contributed by atoms with Crippen LogP contribution in [-0.4, -0.2) is 42.1 Å². The van der Waals surface area contributed by atoms with Gasteiger partial charge in [0.25, 0.3) is 0 Å². The van der Waals surface area contributed by atoms with E-state index in [2.05, 4.69) is 15.9 Å². The highest BCUT2D eigenvalue weighted by atomic mass is 79.9. The van der Waals surface area contributed by atoms with Gasteiger partial charge < -0.3 is 18.8 Å². The predicted molar refractivity (Wildman–Crippen MR) is 122 cm³/mol. The topological polar surface area (TPSA) is 59.1 Å². The monoisotopic (exact) mass is 530 g/mol. The Hall–Kier alpha value is -1.80. The molecular weight excluding hydrogens is 505 g/mol. The van der Waals surface area contributed by atoms with Crippen LogP contribution in [0.4, 0.5) is 13.6 Å². The number of benzene rings is 2. The van der Waals surface area contributed by atoms with Crippen molar-refractivity contribution in [2.24, 2.45) is 0 Å². The minimum Gasteiger partial charge on any atom is -0.319 e. The third-order valence-corrected chi connectivity index (χ3v) is 7.85. The second kappa shape index (κ2) is 10.4. The van der Waals surface area contributed by atoms with E-state index in [4.69, 9.17) is 9.05 Å². The molecule has 0 spiro atoms. The molecule has 32 heavy (non-hydrogen) atoms. The summed E-state index contributed by atoms with van der Waals surface area (Å²) in [5, 5.41) is 0. The van der Waals surface area contributed by atoms with E-state index in [0.29, 0.717) is 25.2 Å². The number of halogens is 3. The van der Waals surface area contributed by atoms with Crippen molar-refractivity contribution in [2.45, 2.75) is 32.6 Å². The number of hydrogen-bond acceptors (Lipinski definition) is 4. The largest absolute Gasteiger partial charge is 0.404 e. The van der Waals surface area contributed by atoms with Crippen molar-refractivity contribution in [3.05, 3.63) is 69.7 Å². The molecule has 1 saturated heterocycles. The molecule has 0 saturated carbocycles. The molecule has 10 heteroatoms. The second-order valence-corrected chi connectivity index (χ2v) is 10.2. The fourth-order valence-corrected chi connectivity index (χ4v) is 5.94. The van der Waals surface area contributed by atoms with E-state index < -0.39 is 18.8 Å². The standard InChI is InChI=1S/C22H26BrF2N2O4P/c1-3-30-32(29,31-4-2)22(24,25)19-11-10-18(14-20(19)23)16-27-13-12-26(21(27)28)15-17-8-6-5-7-9-17/h5-11,14H,3-4,12-13,15-16H2,1-2H3. The Morgan fingerprint density at radius 1 is 0.969 bits per heavy atom. The molecule has 0 unspecified atom stereocenters. The minimum atomic E-state index is -4.70. The van der Waals surface area contributed by atoms with Crippen molar-refractivity contribution in [3.63, 3.8) is 0 Å². The summed E-state index contributed by atoms with van der Waals surface area (Å²) in [4.78, 5) is 16.2. The zero-order valence-corrected chi connectivity index (χ0v) is 20.5. The van der Waals surface area contributed by atoms with Gasteiger partial charge in [0, 0.05) is 36.2 Å². The molecule has 1 aliphatic heterocycles. The highest BCUT2D eigenvalue weighted by Gasteiger charge is 2.55. The summed E-state index contributed by atoms with van der Waals surface area (Å²) >= 11 is 3.17. The van der Waals surface area contributed by atoms with Crippen molar-refractivity contribution < 1.29 is 27.2 Å². The van der Waals surface area contributed by atoms with Crippen LogP contribution in [0.2, 0.25) is 0 Å². The summed E-state index contributed by atoms with van der Waals surface area (Å²) in [6.07, 6.45) is 0. The van der Waals surface area contributed by atoms with Gasteiger partial charge in [-0.1, -0.05) is 58.4 Å². The molecule has 0 bridgehead atoms. The number of alkyl halides is 2. The van der Waals surface area contributed by atoms with Crippen LogP contribution in [0.3, 0.4) is 0 Å². The molecule has 3 rings (SSSR count). The molecule has 174 valence electrons. The maximum absolute atomic E-state index is 15.1. The fourth-order valence-electron chi connectivity index (χ4n) is 3.54. The molecule has 0 aromatic heterocycles. The molecule has 0 atom stereocenters. The molecule has 2 aromatic rings. The molecule has 0 radical (unpaired) electrons. The Morgan fingerprint density at radius 3 is 2.06 bits per heavy atom. The lowest BCUT2D eigenvalue weighted by atomic mass is 10.1. The summed E-state index contributed by atoms with van der Waals surface area (Å²) in [6, 6.07) is 13.8. The zero-order chi connectivity index (χ0) is 23.4. The van der Waals surface area contributed by atoms with E-state index >= 15 is 8.78 Å². The minimum absolute atomic E-state index is 0.0763. The molecule has 1 heterocycles. The maximum atomic E-state index is 15.1. The van der Waals surface area contributed by atoms with Crippen LogP contribution in [-0.2, 0) is 32.4 Å². The first-order valence-corrected chi connectivity index (χ1v) is 12.7. The first-order chi connectivity index (χ1) is 15.2. The van der Waals surface area contributed by atoms with Crippen LogP contribution in [0.5, 0.6) is 0 Å². The number of carbonyl (C=O) groups excluding carboxylic acids is 1. The Balaban J connectivity index is 1.73. The van der Waals surface area contributed by atoms with E-state index in [1.165, 1.54) is 32.0 Å². The van der Waals surface area contributed by atoms with Gasteiger partial charge in [-0.2, -0.15) is 8.78 Å². The molecule has 1 aliphatic rings. The van der Waals surface area contributed by atoms with Gasteiger partial charge in [-0.25, -0.2) is 4.79 Å². The van der Waals surface area contributed by atoms with Crippen LogP contribution in [0.1, 0.15) is 30.5 Å². The fraction of sp³-hybridized carbons (Fsp3) is 0.409. The lowest BCUT2D eigenvalue weighted by Gasteiger charge is -2.27. The van der Waals surface area contributed by atoms with Crippen LogP contribution < -0.4 is 0 Å². The van der Waals surface area contributed by atoms with E-state index in [1.807, 2.05) is 30.3 Å². The number of carbonyl (C=O) groups is 1. The Labute approximate surface area is 195 Å². The summed E-state index contributed by atoms with van der Waals surface area (Å²) in [7, 11) is -4.70. The van der Waals surface area contributed by atoms with Gasteiger partial charge in [0.15, 0.2) is 0 Å². The van der Waals surface area contributed by atoms with Gasteiger partial charge in [0.2, 0.25) is 0 Å². The van der Waals surface area contributed by atoms with E-state index in [0.717, 1.165) is 5.56 Å². The molecular formula is C22H26BrF2N2O4P. The number of hydrogen-bond donors (Lipinski definition) is 0. The van der Waals surface area contributed by atoms with Crippen LogP contribution >= 0.6 is 23.5 Å². The quantitative estimate of drug-likeness (QED) is 0.343. The molecule has 2 amide bonds. The molecule has 0 aliphatic carbocycles. The van der Waals surface area contributed by atoms with Gasteiger partial charge in [0.05, 0.1) is 13.2 Å². The first-order valence-electron chi connectivity index (χ1n) is 10.4. The summed E-state index contributed by atoms with van der Waals surface area (Å²) in [5.41, 5.74) is -2.59. The Bertz CT molecular complexity index is 983. The number of urea groups is 1. The third kappa shape index (κ3) is 5.22. The van der Waals surface area contributed by atoms with Crippen LogP contribution in [0.15, 0.2) is 53.0 Å². The molecule has 0 N–H and O–H groups in total. The predicted octanol–water partition coefficient (Wildman–Crippen LogP) is 6.20. The molecule has 6 nitrogen and oxygen atoms in total. The average Bonchev–Trinajstić information content (AvgIpc) is 3.08. The summed E-state index contributed by atoms with van der Waals surface area (Å²) < 4.78 is 52.7. The number of amides is 2. The van der Waals surface area contributed by atoms with Crippen molar-refractivity contribution in [1.29, 1.82) is 0 Å². The van der Waals surface area contributed by atoms with Gasteiger partial charge in [-0.15, -0.1) is 0 Å². The highest BCUT2D eigenvalue weighted by molar-refractivity contribution is 9.10. The molecule has 1 fully saturated rings. The SMILES string of the molecule is CCOP(=O)(OCC)C(F)(F)c1ccc(CN2CCN(Cc3ccccc3)C2=O)cc1Br. The van der Waals surface area contributed by atoms with Crippen molar-refractivity contribution in [1.82, 2.24) is 9.80 Å². The Kier molecular flexibility index (Phi) is 8.09. The van der Waals surface area contributed by atoms with E-state index in [9.17, 15) is 9.36 Å². The van der Waals surface area contributed by atoms with Gasteiger partial charge in [-0.05, 0) is 31.0 Å². The van der Waals surface area contributed by atoms with Gasteiger partial charge >= 0.3 is 19.3 Å². The highest BCUT2D eigenvalue weighted by Crippen LogP contribution is 2.67. The second-order valence-electron chi connectivity index (χ2n) is 7.30. The van der Waals surface area contributed by atoms with Gasteiger partial charge in [-0.3, -0.25) is 4.57 Å². The lowest BCUT2D eigenvalue weighted by Crippen LogP contribution is -2.31. The Morgan fingerprint density at radius 2 is 1.53 bits per heavy atom. The van der Waals surface area contributed by atoms with Crippen molar-refractivity contribution in [2.75, 3.05) is 26.3 Å². The van der Waals surface area contributed by atoms with Crippen molar-refractivity contribution in [3.8, 4) is 0 Å². The van der Waals surface area contributed by atoms with Gasteiger partial charge in [0.1, 0.15) is 0 Å². The normalized spacial score (nSPS) is 15.0. The smallest absolute Gasteiger partial charge is 0.319 e. The summed E-state index contributed by atoms with van der Waals surface area (Å²) in [6.45, 7) is 4.57. The summed E-state index contributed by atoms with van der Waals surface area (Å²) in [5.74, 6) is 0. The maximum Gasteiger partial charge on any atom is 0.404 e.